The molecule has 2 aliphatic rings. The number of thiophene rings is 1. The molecule has 1 saturated heterocycles. The second-order valence-corrected chi connectivity index (χ2v) is 14.6. The van der Waals surface area contributed by atoms with Crippen molar-refractivity contribution in [1.29, 1.82) is 0 Å². The number of rotatable bonds is 6. The summed E-state index contributed by atoms with van der Waals surface area (Å²) in [5, 5.41) is 6.30. The lowest BCUT2D eigenvalue weighted by atomic mass is 9.72. The van der Waals surface area contributed by atoms with Crippen molar-refractivity contribution >= 4 is 53.9 Å². The number of amides is 2. The first-order chi connectivity index (χ1) is 16.4. The monoisotopic (exact) mass is 582 g/mol. The number of fused-ring (bicyclic) bond motifs is 1. The smallest absolute Gasteiger partial charge is 0.262 e. The van der Waals surface area contributed by atoms with E-state index in [1.54, 1.807) is 12.1 Å². The first kappa shape index (κ1) is 26.2. The molecule has 2 unspecified atom stereocenters. The number of carbonyl (C=O) groups is 2. The Hall–Kier alpha value is -1.91. The van der Waals surface area contributed by atoms with E-state index in [2.05, 4.69) is 47.3 Å². The molecular formula is C25H31BrN2O5S2. The van der Waals surface area contributed by atoms with E-state index in [9.17, 15) is 18.0 Å². The average molecular weight is 584 g/mol. The first-order valence-electron chi connectivity index (χ1n) is 11.8. The fourth-order valence-electron chi connectivity index (χ4n) is 4.66. The Morgan fingerprint density at radius 3 is 2.51 bits per heavy atom. The summed E-state index contributed by atoms with van der Waals surface area (Å²) in [6, 6.07) is 6.79. The summed E-state index contributed by atoms with van der Waals surface area (Å²) >= 11 is 4.81. The molecule has 35 heavy (non-hydrogen) atoms. The summed E-state index contributed by atoms with van der Waals surface area (Å²) in [4.78, 5) is 27.2. The van der Waals surface area contributed by atoms with Gasteiger partial charge in [-0.25, -0.2) is 8.42 Å². The highest BCUT2D eigenvalue weighted by atomic mass is 79.9. The molecule has 10 heteroatoms. The van der Waals surface area contributed by atoms with E-state index in [1.807, 2.05) is 12.1 Å². The van der Waals surface area contributed by atoms with Crippen molar-refractivity contribution in [3.8, 4) is 5.75 Å². The normalized spacial score (nSPS) is 21.3. The molecule has 1 aliphatic carbocycles. The maximum atomic E-state index is 13.4. The van der Waals surface area contributed by atoms with Gasteiger partial charge in [-0.1, -0.05) is 36.7 Å². The minimum Gasteiger partial charge on any atom is -0.484 e. The van der Waals surface area contributed by atoms with Gasteiger partial charge in [-0.3, -0.25) is 9.59 Å². The number of benzene rings is 1. The summed E-state index contributed by atoms with van der Waals surface area (Å²) < 4.78 is 30.2. The lowest BCUT2D eigenvalue weighted by Crippen LogP contribution is -2.36. The SMILES string of the molecule is CC(C)(C)C1CCc2c(sc(NC(=O)COc3ccc(Br)cc3)c2C(=O)NC2CCS(=O)(=O)C2)C1. The van der Waals surface area contributed by atoms with Gasteiger partial charge in [0.1, 0.15) is 10.8 Å². The van der Waals surface area contributed by atoms with Gasteiger partial charge >= 0.3 is 0 Å². The van der Waals surface area contributed by atoms with E-state index in [1.165, 1.54) is 11.3 Å². The zero-order valence-electron chi connectivity index (χ0n) is 20.1. The quantitative estimate of drug-likeness (QED) is 0.518. The van der Waals surface area contributed by atoms with Crippen LogP contribution in [0.1, 0.15) is 54.4 Å². The molecular weight excluding hydrogens is 552 g/mol. The van der Waals surface area contributed by atoms with Gasteiger partial charge in [0.25, 0.3) is 11.8 Å². The van der Waals surface area contributed by atoms with Crippen molar-refractivity contribution in [2.75, 3.05) is 23.4 Å². The van der Waals surface area contributed by atoms with E-state index in [0.717, 1.165) is 34.2 Å². The van der Waals surface area contributed by atoms with E-state index in [-0.39, 0.29) is 35.3 Å². The third-order valence-electron chi connectivity index (χ3n) is 6.72. The van der Waals surface area contributed by atoms with Gasteiger partial charge in [0.2, 0.25) is 0 Å². The molecule has 2 heterocycles. The maximum Gasteiger partial charge on any atom is 0.262 e. The number of nitrogens with one attached hydrogen (secondary N) is 2. The molecule has 190 valence electrons. The second-order valence-electron chi connectivity index (χ2n) is 10.4. The van der Waals surface area contributed by atoms with Crippen LogP contribution in [0.15, 0.2) is 28.7 Å². The van der Waals surface area contributed by atoms with Crippen LogP contribution in [0.5, 0.6) is 5.75 Å². The molecule has 0 spiro atoms. The highest BCUT2D eigenvalue weighted by molar-refractivity contribution is 9.10. The molecule has 1 aromatic heterocycles. The standard InChI is InChI=1S/C25H31BrN2O5S2/c1-25(2,3)15-4-9-19-20(12-15)34-24(22(19)23(30)27-17-10-11-35(31,32)14-17)28-21(29)13-33-18-7-5-16(26)6-8-18/h5-8,15,17H,4,9-14H2,1-3H3,(H,27,30)(H,28,29). The zero-order chi connectivity index (χ0) is 25.4. The van der Waals surface area contributed by atoms with Crippen molar-refractivity contribution in [2.45, 2.75) is 52.5 Å². The van der Waals surface area contributed by atoms with E-state index in [0.29, 0.717) is 28.7 Å². The first-order valence-corrected chi connectivity index (χ1v) is 15.2. The van der Waals surface area contributed by atoms with Crippen LogP contribution in [0, 0.1) is 11.3 Å². The Kier molecular flexibility index (Phi) is 7.64. The third-order valence-corrected chi connectivity index (χ3v) is 10.2. The van der Waals surface area contributed by atoms with Gasteiger partial charge in [-0.05, 0) is 66.8 Å². The number of sulfone groups is 1. The minimum atomic E-state index is -3.12. The Balaban J connectivity index is 1.54. The van der Waals surface area contributed by atoms with Gasteiger partial charge in [0.05, 0.1) is 17.1 Å². The van der Waals surface area contributed by atoms with E-state index < -0.39 is 15.9 Å². The van der Waals surface area contributed by atoms with Gasteiger partial charge in [-0.15, -0.1) is 11.3 Å². The van der Waals surface area contributed by atoms with Crippen molar-refractivity contribution in [1.82, 2.24) is 5.32 Å². The van der Waals surface area contributed by atoms with Crippen LogP contribution >= 0.6 is 27.3 Å². The molecule has 2 aromatic rings. The van der Waals surface area contributed by atoms with Gasteiger partial charge < -0.3 is 15.4 Å². The Bertz CT molecular complexity index is 1220. The Morgan fingerprint density at radius 2 is 1.89 bits per heavy atom. The van der Waals surface area contributed by atoms with Crippen molar-refractivity contribution in [2.24, 2.45) is 11.3 Å². The summed E-state index contributed by atoms with van der Waals surface area (Å²) in [5.74, 6) is 0.430. The summed E-state index contributed by atoms with van der Waals surface area (Å²) in [7, 11) is -3.12. The zero-order valence-corrected chi connectivity index (χ0v) is 23.4. The lowest BCUT2D eigenvalue weighted by molar-refractivity contribution is -0.118. The molecule has 0 radical (unpaired) electrons. The second kappa shape index (κ2) is 10.2. The molecule has 2 amide bonds. The van der Waals surface area contributed by atoms with Gasteiger partial charge in [0, 0.05) is 15.4 Å². The van der Waals surface area contributed by atoms with Crippen LogP contribution in [0.2, 0.25) is 0 Å². The largest absolute Gasteiger partial charge is 0.484 e. The predicted octanol–water partition coefficient (Wildman–Crippen LogP) is 4.60. The van der Waals surface area contributed by atoms with Gasteiger partial charge in [-0.2, -0.15) is 0 Å². The Labute approximate surface area is 219 Å². The molecule has 1 aliphatic heterocycles. The number of ether oxygens (including phenoxy) is 1. The lowest BCUT2D eigenvalue weighted by Gasteiger charge is -2.33. The number of hydrogen-bond acceptors (Lipinski definition) is 6. The molecule has 4 rings (SSSR count). The molecule has 1 fully saturated rings. The molecule has 2 atom stereocenters. The summed E-state index contributed by atoms with van der Waals surface area (Å²) in [5.41, 5.74) is 1.58. The van der Waals surface area contributed by atoms with Crippen LogP contribution in [-0.4, -0.2) is 44.4 Å². The van der Waals surface area contributed by atoms with Crippen LogP contribution < -0.4 is 15.4 Å². The molecule has 0 saturated carbocycles. The number of halogens is 1. The summed E-state index contributed by atoms with van der Waals surface area (Å²) in [6.45, 7) is 6.50. The topological polar surface area (TPSA) is 102 Å². The average Bonchev–Trinajstić information content (AvgIpc) is 3.30. The molecule has 0 bridgehead atoms. The van der Waals surface area contributed by atoms with Gasteiger partial charge in [0.15, 0.2) is 16.4 Å². The van der Waals surface area contributed by atoms with Crippen molar-refractivity contribution in [3.63, 3.8) is 0 Å². The molecule has 1 aromatic carbocycles. The van der Waals surface area contributed by atoms with Crippen LogP contribution in [0.4, 0.5) is 5.00 Å². The van der Waals surface area contributed by atoms with Crippen LogP contribution in [-0.2, 0) is 27.5 Å². The molecule has 2 N–H and O–H groups in total. The minimum absolute atomic E-state index is 0.0418. The van der Waals surface area contributed by atoms with Crippen LogP contribution in [0.3, 0.4) is 0 Å². The maximum absolute atomic E-state index is 13.4. The highest BCUT2D eigenvalue weighted by Crippen LogP contribution is 2.44. The summed E-state index contributed by atoms with van der Waals surface area (Å²) in [6.07, 6.45) is 2.98. The fraction of sp³-hybridized carbons (Fsp3) is 0.520. The third kappa shape index (κ3) is 6.46. The van der Waals surface area contributed by atoms with E-state index in [4.69, 9.17) is 4.74 Å². The predicted molar refractivity (Wildman–Crippen MR) is 142 cm³/mol. The van der Waals surface area contributed by atoms with E-state index >= 15 is 0 Å². The van der Waals surface area contributed by atoms with Crippen molar-refractivity contribution in [3.05, 3.63) is 44.7 Å². The van der Waals surface area contributed by atoms with Crippen LogP contribution in [0.25, 0.3) is 0 Å². The fourth-order valence-corrected chi connectivity index (χ4v) is 7.94. The van der Waals surface area contributed by atoms with Crippen molar-refractivity contribution < 1.29 is 22.7 Å². The molecule has 7 nitrogen and oxygen atoms in total. The Morgan fingerprint density at radius 1 is 1.17 bits per heavy atom. The highest BCUT2D eigenvalue weighted by Gasteiger charge is 2.36. The number of carbonyl (C=O) groups excluding carboxylic acids is 2. The number of hydrogen-bond donors (Lipinski definition) is 2. The number of anilines is 1.